The van der Waals surface area contributed by atoms with Crippen molar-refractivity contribution in [3.05, 3.63) is 21.4 Å². The number of ether oxygens (including phenoxy) is 2. The average Bonchev–Trinajstić information content (AvgIpc) is 2.62. The molecule has 0 unspecified atom stereocenters. The van der Waals surface area contributed by atoms with Gasteiger partial charge in [0.25, 0.3) is 0 Å². The van der Waals surface area contributed by atoms with Crippen LogP contribution in [-0.2, 0) is 9.47 Å². The summed E-state index contributed by atoms with van der Waals surface area (Å²) in [4.78, 5) is 14.0. The second-order valence-corrected chi connectivity index (χ2v) is 5.38. The number of rotatable bonds is 8. The Morgan fingerprint density at radius 3 is 2.53 bits per heavy atom. The first-order valence-electron chi connectivity index (χ1n) is 5.91. The number of aryl methyl sites for hydroxylation is 2. The highest BCUT2D eigenvalue weighted by atomic mass is 32.1. The van der Waals surface area contributed by atoms with E-state index in [-0.39, 0.29) is 12.4 Å². The van der Waals surface area contributed by atoms with Gasteiger partial charge >= 0.3 is 0 Å². The minimum absolute atomic E-state index is 0.0577. The number of Topliss-reactive ketones (excluding diaryl/α,β-unsaturated/α-hetero) is 1. The highest BCUT2D eigenvalue weighted by Gasteiger charge is 2.11. The van der Waals surface area contributed by atoms with E-state index in [0.29, 0.717) is 13.2 Å². The van der Waals surface area contributed by atoms with E-state index in [4.69, 9.17) is 9.47 Å². The van der Waals surface area contributed by atoms with Gasteiger partial charge in [-0.05, 0) is 26.3 Å². The van der Waals surface area contributed by atoms with Crippen LogP contribution in [0.3, 0.4) is 0 Å². The number of thiophene rings is 1. The summed E-state index contributed by atoms with van der Waals surface area (Å²) < 4.78 is 10.6. The molecule has 0 atom stereocenters. The van der Waals surface area contributed by atoms with Crippen LogP contribution < -0.4 is 0 Å². The summed E-state index contributed by atoms with van der Waals surface area (Å²) in [6.07, 6.45) is 1.01. The number of ketones is 1. The average molecular weight is 256 g/mol. The van der Waals surface area contributed by atoms with Crippen LogP contribution in [0.5, 0.6) is 0 Å². The Bertz CT molecular complexity index is 358. The molecule has 0 aliphatic heterocycles. The normalized spacial score (nSPS) is 10.8. The van der Waals surface area contributed by atoms with Crippen LogP contribution in [0, 0.1) is 13.8 Å². The molecule has 0 amide bonds. The lowest BCUT2D eigenvalue weighted by Crippen LogP contribution is -2.13. The van der Waals surface area contributed by atoms with Crippen molar-refractivity contribution in [3.63, 3.8) is 0 Å². The van der Waals surface area contributed by atoms with E-state index in [9.17, 15) is 4.79 Å². The molecule has 0 bridgehead atoms. The van der Waals surface area contributed by atoms with Crippen LogP contribution in [0.25, 0.3) is 0 Å². The number of hydrogen-bond acceptors (Lipinski definition) is 4. The Morgan fingerprint density at radius 1 is 1.24 bits per heavy atom. The number of hydrogen-bond donors (Lipinski definition) is 0. The van der Waals surface area contributed by atoms with Gasteiger partial charge in [0.2, 0.25) is 0 Å². The number of carbonyl (C=O) groups is 1. The van der Waals surface area contributed by atoms with E-state index in [1.165, 1.54) is 0 Å². The Balaban J connectivity index is 2.23. The summed E-state index contributed by atoms with van der Waals surface area (Å²) in [6.45, 7) is 7.97. The molecule has 0 aliphatic carbocycles. The topological polar surface area (TPSA) is 35.5 Å². The molecule has 1 rings (SSSR count). The fraction of sp³-hybridized carbons (Fsp3) is 0.615. The standard InChI is InChI=1S/C13H20O3S/c1-4-5-15-6-7-16-9-13(14)12-8-10(2)17-11(12)3/h8H,4-7,9H2,1-3H3. The van der Waals surface area contributed by atoms with Crippen molar-refractivity contribution in [2.45, 2.75) is 27.2 Å². The van der Waals surface area contributed by atoms with Gasteiger partial charge in [-0.25, -0.2) is 0 Å². The van der Waals surface area contributed by atoms with E-state index in [2.05, 4.69) is 6.92 Å². The predicted octanol–water partition coefficient (Wildman–Crippen LogP) is 2.99. The Morgan fingerprint density at radius 2 is 1.94 bits per heavy atom. The first kappa shape index (κ1) is 14.4. The summed E-state index contributed by atoms with van der Waals surface area (Å²) in [5, 5.41) is 0. The highest BCUT2D eigenvalue weighted by Crippen LogP contribution is 2.20. The van der Waals surface area contributed by atoms with Gasteiger partial charge in [-0.3, -0.25) is 4.79 Å². The Hall–Kier alpha value is -0.710. The quantitative estimate of drug-likeness (QED) is 0.530. The maximum atomic E-state index is 11.8. The van der Waals surface area contributed by atoms with Crippen molar-refractivity contribution < 1.29 is 14.3 Å². The van der Waals surface area contributed by atoms with Crippen LogP contribution >= 0.6 is 11.3 Å². The Labute approximate surface area is 107 Å². The molecule has 0 saturated heterocycles. The van der Waals surface area contributed by atoms with Crippen LogP contribution in [0.1, 0.15) is 33.5 Å². The lowest BCUT2D eigenvalue weighted by Gasteiger charge is -2.04. The van der Waals surface area contributed by atoms with Crippen molar-refractivity contribution in [3.8, 4) is 0 Å². The van der Waals surface area contributed by atoms with Crippen LogP contribution in [0.2, 0.25) is 0 Å². The van der Waals surface area contributed by atoms with E-state index in [1.807, 2.05) is 19.9 Å². The third kappa shape index (κ3) is 4.98. The van der Waals surface area contributed by atoms with Gasteiger partial charge in [-0.15, -0.1) is 11.3 Å². The van der Waals surface area contributed by atoms with E-state index < -0.39 is 0 Å². The van der Waals surface area contributed by atoms with Gasteiger partial charge < -0.3 is 9.47 Å². The molecule has 4 heteroatoms. The lowest BCUT2D eigenvalue weighted by atomic mass is 10.2. The SMILES string of the molecule is CCCOCCOCC(=O)c1cc(C)sc1C. The zero-order valence-electron chi connectivity index (χ0n) is 10.7. The summed E-state index contributed by atoms with van der Waals surface area (Å²) in [6, 6.07) is 1.93. The molecule has 0 radical (unpaired) electrons. The fourth-order valence-electron chi connectivity index (χ4n) is 1.51. The molecule has 0 fully saturated rings. The van der Waals surface area contributed by atoms with Gasteiger partial charge in [0, 0.05) is 21.9 Å². The van der Waals surface area contributed by atoms with Gasteiger partial charge in [-0.2, -0.15) is 0 Å². The van der Waals surface area contributed by atoms with Crippen molar-refractivity contribution in [2.24, 2.45) is 0 Å². The first-order valence-corrected chi connectivity index (χ1v) is 6.72. The van der Waals surface area contributed by atoms with Crippen molar-refractivity contribution in [1.82, 2.24) is 0 Å². The Kier molecular flexibility index (Phi) is 6.40. The van der Waals surface area contributed by atoms with Crippen LogP contribution in [0.4, 0.5) is 0 Å². The molecule has 0 aromatic carbocycles. The maximum Gasteiger partial charge on any atom is 0.189 e. The van der Waals surface area contributed by atoms with Gasteiger partial charge in [-0.1, -0.05) is 6.92 Å². The monoisotopic (exact) mass is 256 g/mol. The molecule has 0 N–H and O–H groups in total. The molecular formula is C13H20O3S. The molecule has 1 heterocycles. The molecule has 3 nitrogen and oxygen atoms in total. The summed E-state index contributed by atoms with van der Waals surface area (Å²) in [7, 11) is 0. The zero-order valence-corrected chi connectivity index (χ0v) is 11.6. The minimum Gasteiger partial charge on any atom is -0.379 e. The molecule has 96 valence electrons. The maximum absolute atomic E-state index is 11.8. The van der Waals surface area contributed by atoms with Crippen LogP contribution in [-0.4, -0.2) is 32.2 Å². The van der Waals surface area contributed by atoms with Crippen molar-refractivity contribution >= 4 is 17.1 Å². The van der Waals surface area contributed by atoms with Crippen molar-refractivity contribution in [2.75, 3.05) is 26.4 Å². The van der Waals surface area contributed by atoms with E-state index in [1.54, 1.807) is 11.3 Å². The molecule has 17 heavy (non-hydrogen) atoms. The summed E-state index contributed by atoms with van der Waals surface area (Å²) in [5.41, 5.74) is 0.793. The smallest absolute Gasteiger partial charge is 0.189 e. The third-order valence-corrected chi connectivity index (χ3v) is 3.26. The van der Waals surface area contributed by atoms with Crippen molar-refractivity contribution in [1.29, 1.82) is 0 Å². The van der Waals surface area contributed by atoms with Gasteiger partial charge in [0.1, 0.15) is 6.61 Å². The van der Waals surface area contributed by atoms with E-state index >= 15 is 0 Å². The second-order valence-electron chi connectivity index (χ2n) is 3.92. The predicted molar refractivity (Wildman–Crippen MR) is 70.1 cm³/mol. The lowest BCUT2D eigenvalue weighted by molar-refractivity contribution is 0.0441. The second kappa shape index (κ2) is 7.58. The van der Waals surface area contributed by atoms with E-state index in [0.717, 1.165) is 28.3 Å². The molecular weight excluding hydrogens is 236 g/mol. The zero-order chi connectivity index (χ0) is 12.7. The summed E-state index contributed by atoms with van der Waals surface area (Å²) in [5.74, 6) is 0.0577. The molecule has 0 spiro atoms. The molecule has 1 aromatic rings. The van der Waals surface area contributed by atoms with Gasteiger partial charge in [0.15, 0.2) is 5.78 Å². The highest BCUT2D eigenvalue weighted by molar-refractivity contribution is 7.12. The van der Waals surface area contributed by atoms with Crippen LogP contribution in [0.15, 0.2) is 6.07 Å². The van der Waals surface area contributed by atoms with Gasteiger partial charge in [0.05, 0.1) is 13.2 Å². The molecule has 0 aliphatic rings. The molecule has 1 aromatic heterocycles. The fourth-order valence-corrected chi connectivity index (χ4v) is 2.46. The molecule has 0 saturated carbocycles. The largest absolute Gasteiger partial charge is 0.379 e. The summed E-state index contributed by atoms with van der Waals surface area (Å²) >= 11 is 1.65. The number of carbonyl (C=O) groups excluding carboxylic acids is 1. The first-order chi connectivity index (χ1) is 8.15. The third-order valence-electron chi connectivity index (χ3n) is 2.30. The minimum atomic E-state index is 0.0577.